The highest BCUT2D eigenvalue weighted by molar-refractivity contribution is 6.22. The minimum atomic E-state index is -0.351. The van der Waals surface area contributed by atoms with Gasteiger partial charge >= 0.3 is 0 Å². The Balaban J connectivity index is 1.58. The number of fused-ring (bicyclic) bond motifs is 1. The van der Waals surface area contributed by atoms with Crippen LogP contribution in [-0.4, -0.2) is 18.9 Å². The lowest BCUT2D eigenvalue weighted by atomic mass is 9.64. The van der Waals surface area contributed by atoms with E-state index < -0.39 is 0 Å². The zero-order valence-electron chi connectivity index (χ0n) is 17.5. The molecule has 1 aliphatic carbocycles. The van der Waals surface area contributed by atoms with Crippen molar-refractivity contribution < 1.29 is 14.3 Å². The molecule has 31 heavy (non-hydrogen) atoms. The molecular weight excluding hydrogens is 386 g/mol. The molecule has 2 fully saturated rings. The van der Waals surface area contributed by atoms with Crippen LogP contribution in [0.5, 0.6) is 5.75 Å². The van der Waals surface area contributed by atoms with Gasteiger partial charge in [-0.2, -0.15) is 0 Å². The van der Waals surface area contributed by atoms with Crippen molar-refractivity contribution in [3.8, 4) is 5.75 Å². The summed E-state index contributed by atoms with van der Waals surface area (Å²) in [6, 6.07) is 27.5. The van der Waals surface area contributed by atoms with Crippen LogP contribution in [0.4, 0.5) is 5.69 Å². The lowest BCUT2D eigenvalue weighted by molar-refractivity contribution is -0.122. The zero-order valence-corrected chi connectivity index (χ0v) is 17.5. The molecule has 0 unspecified atom stereocenters. The molecule has 1 heterocycles. The highest BCUT2D eigenvalue weighted by Gasteiger charge is 2.56. The fourth-order valence-corrected chi connectivity index (χ4v) is 5.41. The number of imide groups is 1. The second-order valence-electron chi connectivity index (χ2n) is 8.37. The third-order valence-electron chi connectivity index (χ3n) is 6.84. The highest BCUT2D eigenvalue weighted by atomic mass is 16.5. The number of carbonyl (C=O) groups is 2. The fourth-order valence-electron chi connectivity index (χ4n) is 5.41. The maximum absolute atomic E-state index is 13.7. The van der Waals surface area contributed by atoms with Gasteiger partial charge in [0.15, 0.2) is 0 Å². The third-order valence-corrected chi connectivity index (χ3v) is 6.84. The lowest BCUT2D eigenvalue weighted by Gasteiger charge is -2.37. The summed E-state index contributed by atoms with van der Waals surface area (Å²) in [6.07, 6.45) is 1.78. The number of ether oxygens (including phenoxy) is 1. The number of hydrogen-bond acceptors (Lipinski definition) is 3. The molecule has 5 rings (SSSR count). The average molecular weight is 412 g/mol. The molecule has 1 saturated heterocycles. The van der Waals surface area contributed by atoms with Gasteiger partial charge in [-0.3, -0.25) is 14.5 Å². The van der Waals surface area contributed by atoms with Crippen molar-refractivity contribution in [1.29, 1.82) is 0 Å². The van der Waals surface area contributed by atoms with Crippen LogP contribution in [0.25, 0.3) is 0 Å². The van der Waals surface area contributed by atoms with Gasteiger partial charge in [-0.15, -0.1) is 0 Å². The number of anilines is 1. The minimum absolute atomic E-state index is 0.0471. The molecule has 0 spiro atoms. The van der Waals surface area contributed by atoms with E-state index in [1.807, 2.05) is 36.4 Å². The summed E-state index contributed by atoms with van der Waals surface area (Å²) in [5.41, 5.74) is 2.90. The predicted octanol–water partition coefficient (Wildman–Crippen LogP) is 5.16. The van der Waals surface area contributed by atoms with Crippen molar-refractivity contribution in [2.75, 3.05) is 12.0 Å². The van der Waals surface area contributed by atoms with Gasteiger partial charge in [-0.05, 0) is 60.1 Å². The summed E-state index contributed by atoms with van der Waals surface area (Å²) in [6.45, 7) is 0. The van der Waals surface area contributed by atoms with Gasteiger partial charge in [0.1, 0.15) is 5.75 Å². The van der Waals surface area contributed by atoms with Crippen molar-refractivity contribution in [2.45, 2.75) is 24.7 Å². The summed E-state index contributed by atoms with van der Waals surface area (Å²) in [4.78, 5) is 28.9. The number of benzene rings is 3. The number of methoxy groups -OCH3 is 1. The van der Waals surface area contributed by atoms with E-state index in [1.54, 1.807) is 31.4 Å². The van der Waals surface area contributed by atoms with Gasteiger partial charge in [-0.1, -0.05) is 60.7 Å². The molecule has 0 N–H and O–H groups in total. The lowest BCUT2D eigenvalue weighted by Crippen LogP contribution is -2.34. The van der Waals surface area contributed by atoms with Crippen LogP contribution in [0.1, 0.15) is 35.8 Å². The van der Waals surface area contributed by atoms with Crippen molar-refractivity contribution >= 4 is 17.5 Å². The minimum Gasteiger partial charge on any atom is -0.497 e. The van der Waals surface area contributed by atoms with Gasteiger partial charge in [0.25, 0.3) is 0 Å². The van der Waals surface area contributed by atoms with E-state index in [2.05, 4.69) is 24.3 Å². The Bertz CT molecular complexity index is 1010. The van der Waals surface area contributed by atoms with Crippen molar-refractivity contribution in [3.63, 3.8) is 0 Å². The summed E-state index contributed by atoms with van der Waals surface area (Å²) in [7, 11) is 1.60. The first-order chi connectivity index (χ1) is 15.2. The molecule has 2 aliphatic rings. The van der Waals surface area contributed by atoms with Crippen molar-refractivity contribution in [2.24, 2.45) is 11.8 Å². The van der Waals surface area contributed by atoms with Crippen LogP contribution in [-0.2, 0) is 9.59 Å². The van der Waals surface area contributed by atoms with Gasteiger partial charge in [0.2, 0.25) is 11.8 Å². The quantitative estimate of drug-likeness (QED) is 0.557. The smallest absolute Gasteiger partial charge is 0.238 e. The summed E-state index contributed by atoms with van der Waals surface area (Å²) in [5.74, 6) is -0.0856. The maximum Gasteiger partial charge on any atom is 0.238 e. The first kappa shape index (κ1) is 19.6. The molecule has 0 bridgehead atoms. The highest BCUT2D eigenvalue weighted by Crippen LogP contribution is 2.53. The summed E-state index contributed by atoms with van der Waals surface area (Å²) < 4.78 is 5.24. The normalized spacial score (nSPS) is 25.4. The third kappa shape index (κ3) is 3.32. The summed E-state index contributed by atoms with van der Waals surface area (Å²) >= 11 is 0. The first-order valence-electron chi connectivity index (χ1n) is 10.8. The Morgan fingerprint density at radius 3 is 1.55 bits per heavy atom. The fraction of sp³-hybridized carbons (Fsp3) is 0.259. The van der Waals surface area contributed by atoms with E-state index in [4.69, 9.17) is 4.74 Å². The molecule has 1 aliphatic heterocycles. The van der Waals surface area contributed by atoms with E-state index in [-0.39, 0.29) is 35.5 Å². The maximum atomic E-state index is 13.7. The van der Waals surface area contributed by atoms with Crippen molar-refractivity contribution in [3.05, 3.63) is 96.1 Å². The van der Waals surface area contributed by atoms with Crippen molar-refractivity contribution in [1.82, 2.24) is 0 Å². The molecule has 3 aromatic carbocycles. The SMILES string of the molecule is COc1ccc(N2C(=O)[C@@H]3[C@H](C2=O)[C@H](c2ccccc2)CC[C@@H]3c2ccccc2)cc1. The molecule has 156 valence electrons. The number of carbonyl (C=O) groups excluding carboxylic acids is 2. The Kier molecular flexibility index (Phi) is 5.06. The van der Waals surface area contributed by atoms with Crippen LogP contribution in [0.15, 0.2) is 84.9 Å². The van der Waals surface area contributed by atoms with E-state index >= 15 is 0 Å². The van der Waals surface area contributed by atoms with Crippen LogP contribution in [0, 0.1) is 11.8 Å². The zero-order chi connectivity index (χ0) is 21.4. The van der Waals surface area contributed by atoms with E-state index in [1.165, 1.54) is 4.90 Å². The molecule has 0 radical (unpaired) electrons. The van der Waals surface area contributed by atoms with Crippen LogP contribution >= 0.6 is 0 Å². The molecule has 3 aromatic rings. The first-order valence-corrected chi connectivity index (χ1v) is 10.8. The van der Waals surface area contributed by atoms with Gasteiger partial charge in [-0.25, -0.2) is 0 Å². The molecule has 4 nitrogen and oxygen atoms in total. The van der Waals surface area contributed by atoms with Crippen LogP contribution < -0.4 is 9.64 Å². The van der Waals surface area contributed by atoms with Gasteiger partial charge in [0, 0.05) is 0 Å². The second-order valence-corrected chi connectivity index (χ2v) is 8.37. The van der Waals surface area contributed by atoms with Gasteiger partial charge in [0.05, 0.1) is 24.6 Å². The molecular formula is C27H25NO3. The number of nitrogens with zero attached hydrogens (tertiary/aromatic N) is 1. The Hall–Kier alpha value is -3.40. The topological polar surface area (TPSA) is 46.6 Å². The predicted molar refractivity (Wildman–Crippen MR) is 120 cm³/mol. The molecule has 4 heteroatoms. The Morgan fingerprint density at radius 2 is 1.13 bits per heavy atom. The number of amides is 2. The van der Waals surface area contributed by atoms with E-state index in [9.17, 15) is 9.59 Å². The average Bonchev–Trinajstić information content (AvgIpc) is 3.10. The van der Waals surface area contributed by atoms with Gasteiger partial charge < -0.3 is 4.74 Å². The van der Waals surface area contributed by atoms with Crippen LogP contribution in [0.2, 0.25) is 0 Å². The Labute approximate surface area is 182 Å². The molecule has 1 saturated carbocycles. The number of rotatable bonds is 4. The largest absolute Gasteiger partial charge is 0.497 e. The molecule has 4 atom stereocenters. The Morgan fingerprint density at radius 1 is 0.677 bits per heavy atom. The second kappa shape index (κ2) is 8.03. The monoisotopic (exact) mass is 411 g/mol. The molecule has 2 amide bonds. The van der Waals surface area contributed by atoms with E-state index in [0.717, 1.165) is 24.0 Å². The summed E-state index contributed by atoms with van der Waals surface area (Å²) in [5, 5.41) is 0. The number of hydrogen-bond donors (Lipinski definition) is 0. The van der Waals surface area contributed by atoms with E-state index in [0.29, 0.717) is 11.4 Å². The van der Waals surface area contributed by atoms with Crippen LogP contribution in [0.3, 0.4) is 0 Å². The molecule has 0 aromatic heterocycles. The standard InChI is InChI=1S/C27H25NO3/c1-31-21-14-12-20(13-15-21)28-26(29)24-22(18-8-4-2-5-9-18)16-17-23(25(24)27(28)30)19-10-6-3-7-11-19/h2-15,22-25H,16-17H2,1H3/t22-,23+,24+,25-.